The molecule has 10 aromatic rings. The Bertz CT molecular complexity index is 2490. The molecule has 0 aliphatic carbocycles. The predicted octanol–water partition coefficient (Wildman–Crippen LogP) is 13.2. The molecule has 0 radical (unpaired) electrons. The van der Waals surface area contributed by atoms with Gasteiger partial charge in [0.05, 0.1) is 20.4 Å². The third-order valence-electron chi connectivity index (χ3n) is 8.50. The molecule has 10 rings (SSSR count). The first-order valence-corrected chi connectivity index (χ1v) is 18.3. The van der Waals surface area contributed by atoms with Crippen LogP contribution in [-0.2, 0) is 0 Å². The molecule has 0 fully saturated rings. The summed E-state index contributed by atoms with van der Waals surface area (Å²) in [5, 5.41) is 7.08. The van der Waals surface area contributed by atoms with Gasteiger partial charge in [0.2, 0.25) is 0 Å². The summed E-state index contributed by atoms with van der Waals surface area (Å²) in [5.41, 5.74) is 6.96. The average molecular weight is 659 g/mol. The molecule has 0 amide bonds. The van der Waals surface area contributed by atoms with Gasteiger partial charge in [-0.3, -0.25) is 0 Å². The molecule has 6 heteroatoms. The number of aromatic nitrogens is 2. The fraction of sp³-hybridized carbons (Fsp3) is 0. The van der Waals surface area contributed by atoms with Crippen LogP contribution in [0.4, 0.5) is 0 Å². The van der Waals surface area contributed by atoms with Crippen molar-refractivity contribution in [1.29, 1.82) is 0 Å². The van der Waals surface area contributed by atoms with E-state index in [0.29, 0.717) is 0 Å². The van der Waals surface area contributed by atoms with Crippen LogP contribution in [-0.4, -0.2) is 9.97 Å². The smallest absolute Gasteiger partial charge is 0.124 e. The van der Waals surface area contributed by atoms with E-state index in [1.54, 1.807) is 22.7 Å². The summed E-state index contributed by atoms with van der Waals surface area (Å²) in [7, 11) is 0. The van der Waals surface area contributed by atoms with Gasteiger partial charge in [-0.2, -0.15) is 0 Å². The van der Waals surface area contributed by atoms with Gasteiger partial charge in [-0.05, 0) is 81.2 Å². The van der Waals surface area contributed by atoms with Gasteiger partial charge in [-0.25, -0.2) is 9.97 Å². The zero-order valence-electron chi connectivity index (χ0n) is 24.2. The number of nitrogens with zero attached hydrogens (tertiary/aromatic N) is 2. The zero-order valence-corrected chi connectivity index (χ0v) is 27.5. The molecule has 0 saturated carbocycles. The summed E-state index contributed by atoms with van der Waals surface area (Å²) in [6, 6.07) is 48.3. The van der Waals surface area contributed by atoms with Gasteiger partial charge < -0.3 is 0 Å². The van der Waals surface area contributed by atoms with Crippen LogP contribution < -0.4 is 0 Å². The highest BCUT2D eigenvalue weighted by atomic mass is 32.1. The first-order chi connectivity index (χ1) is 22.7. The second-order valence-electron chi connectivity index (χ2n) is 11.5. The summed E-state index contributed by atoms with van der Waals surface area (Å²) in [5.74, 6) is 0. The Morgan fingerprint density at radius 1 is 0.326 bits per heavy atom. The van der Waals surface area contributed by atoms with Gasteiger partial charge >= 0.3 is 0 Å². The lowest BCUT2D eigenvalue weighted by molar-refractivity contribution is 1.49. The van der Waals surface area contributed by atoms with Crippen molar-refractivity contribution < 1.29 is 0 Å². The van der Waals surface area contributed by atoms with Gasteiger partial charge in [0.1, 0.15) is 10.0 Å². The van der Waals surface area contributed by atoms with Crippen molar-refractivity contribution in [2.45, 2.75) is 0 Å². The van der Waals surface area contributed by atoms with E-state index in [4.69, 9.17) is 9.97 Å². The van der Waals surface area contributed by atoms with Gasteiger partial charge in [-0.15, -0.1) is 45.3 Å². The highest BCUT2D eigenvalue weighted by Crippen LogP contribution is 2.41. The van der Waals surface area contributed by atoms with E-state index in [9.17, 15) is 0 Å². The van der Waals surface area contributed by atoms with Crippen LogP contribution in [0.1, 0.15) is 0 Å². The lowest BCUT2D eigenvalue weighted by atomic mass is 10.1. The third kappa shape index (κ3) is 4.49. The van der Waals surface area contributed by atoms with Crippen molar-refractivity contribution in [2.75, 3.05) is 0 Å². The van der Waals surface area contributed by atoms with E-state index in [2.05, 4.69) is 133 Å². The Morgan fingerprint density at radius 2 is 0.783 bits per heavy atom. The standard InChI is InChI=1S/C40H22N2S4/c1-3-7-23(8-4-1)33-17-25-11-13-27(19-35(25)43-33)39-41-31-15-29-22-38-32(16-30(29)21-37(31)45-39)42-40(46-38)28-14-12-26-18-34(44-36(26)20-28)24-9-5-2-6-10-24/h1-22H. The van der Waals surface area contributed by atoms with Crippen LogP contribution in [0.5, 0.6) is 0 Å². The lowest BCUT2D eigenvalue weighted by Crippen LogP contribution is -1.77. The van der Waals surface area contributed by atoms with E-state index in [1.807, 2.05) is 22.7 Å². The minimum Gasteiger partial charge on any atom is -0.236 e. The molecule has 0 atom stereocenters. The number of thiophene rings is 2. The summed E-state index contributed by atoms with van der Waals surface area (Å²) in [6.45, 7) is 0. The lowest BCUT2D eigenvalue weighted by Gasteiger charge is -1.97. The van der Waals surface area contributed by atoms with Crippen molar-refractivity contribution in [3.63, 3.8) is 0 Å². The van der Waals surface area contributed by atoms with Crippen LogP contribution in [0.3, 0.4) is 0 Å². The first-order valence-electron chi connectivity index (χ1n) is 15.0. The molecule has 4 aromatic heterocycles. The number of hydrogen-bond acceptors (Lipinski definition) is 6. The van der Waals surface area contributed by atoms with Crippen LogP contribution in [0.2, 0.25) is 0 Å². The molecule has 0 unspecified atom stereocenters. The minimum atomic E-state index is 1.05. The molecule has 216 valence electrons. The number of fused-ring (bicyclic) bond motifs is 5. The molecule has 0 N–H and O–H groups in total. The van der Waals surface area contributed by atoms with Gasteiger partial charge in [0.15, 0.2) is 0 Å². The predicted molar refractivity (Wildman–Crippen MR) is 203 cm³/mol. The van der Waals surface area contributed by atoms with Crippen molar-refractivity contribution in [2.24, 2.45) is 0 Å². The number of thiazole rings is 2. The Hall–Kier alpha value is -4.72. The maximum absolute atomic E-state index is 5.10. The molecule has 0 bridgehead atoms. The molecule has 0 aliphatic rings. The molecular formula is C40H22N2S4. The molecule has 4 heterocycles. The Kier molecular flexibility index (Phi) is 5.99. The maximum Gasteiger partial charge on any atom is 0.124 e. The third-order valence-corrected chi connectivity index (χ3v) is 12.9. The number of benzene rings is 6. The Balaban J connectivity index is 0.995. The van der Waals surface area contributed by atoms with E-state index < -0.39 is 0 Å². The monoisotopic (exact) mass is 658 g/mol. The molecule has 0 aliphatic heterocycles. The van der Waals surface area contributed by atoms with Crippen molar-refractivity contribution in [3.05, 3.63) is 133 Å². The van der Waals surface area contributed by atoms with Crippen LogP contribution in [0.25, 0.3) is 93.4 Å². The molecule has 6 aromatic carbocycles. The van der Waals surface area contributed by atoms with Gasteiger partial charge in [0.25, 0.3) is 0 Å². The van der Waals surface area contributed by atoms with Crippen molar-refractivity contribution in [1.82, 2.24) is 9.97 Å². The fourth-order valence-electron chi connectivity index (χ4n) is 6.16. The highest BCUT2D eigenvalue weighted by molar-refractivity contribution is 7.23. The highest BCUT2D eigenvalue weighted by Gasteiger charge is 2.14. The van der Waals surface area contributed by atoms with Crippen LogP contribution in [0, 0.1) is 0 Å². The van der Waals surface area contributed by atoms with Gasteiger partial charge in [0, 0.05) is 30.3 Å². The maximum atomic E-state index is 5.10. The second kappa shape index (κ2) is 10.4. The molecule has 46 heavy (non-hydrogen) atoms. The zero-order chi connectivity index (χ0) is 30.2. The van der Waals surface area contributed by atoms with E-state index in [1.165, 1.54) is 72.4 Å². The van der Waals surface area contributed by atoms with E-state index in [0.717, 1.165) is 21.0 Å². The molecule has 0 spiro atoms. The largest absolute Gasteiger partial charge is 0.236 e. The Morgan fingerprint density at radius 3 is 1.24 bits per heavy atom. The summed E-state index contributed by atoms with van der Waals surface area (Å²) in [4.78, 5) is 12.8. The first kappa shape index (κ1) is 26.5. The topological polar surface area (TPSA) is 25.8 Å². The Labute approximate surface area is 280 Å². The minimum absolute atomic E-state index is 1.05. The SMILES string of the molecule is c1ccc(-c2cc3ccc(-c4nc5cc6cc7sc(-c8ccc9cc(-c%10ccccc%10)sc9c8)nc7cc6cc5s4)cc3s2)cc1. The van der Waals surface area contributed by atoms with Crippen molar-refractivity contribution in [3.8, 4) is 42.0 Å². The van der Waals surface area contributed by atoms with E-state index >= 15 is 0 Å². The van der Waals surface area contributed by atoms with Crippen LogP contribution >= 0.6 is 45.3 Å². The average Bonchev–Trinajstić information content (AvgIpc) is 3.90. The van der Waals surface area contributed by atoms with Gasteiger partial charge in [-0.1, -0.05) is 84.9 Å². The van der Waals surface area contributed by atoms with Crippen molar-refractivity contribution >= 4 is 96.7 Å². The quantitative estimate of drug-likeness (QED) is 0.188. The summed E-state index contributed by atoms with van der Waals surface area (Å²) >= 11 is 7.21. The van der Waals surface area contributed by atoms with E-state index in [-0.39, 0.29) is 0 Å². The summed E-state index contributed by atoms with van der Waals surface area (Å²) < 4.78 is 4.98. The molecule has 0 saturated heterocycles. The van der Waals surface area contributed by atoms with Crippen LogP contribution in [0.15, 0.2) is 133 Å². The summed E-state index contributed by atoms with van der Waals surface area (Å²) in [6.07, 6.45) is 0. The molecular weight excluding hydrogens is 637 g/mol. The normalized spacial score (nSPS) is 11.9. The number of hydrogen-bond donors (Lipinski definition) is 0. The number of rotatable bonds is 4. The molecule has 2 nitrogen and oxygen atoms in total. The second-order valence-corrected chi connectivity index (χ2v) is 15.7. The fourth-order valence-corrected chi connectivity index (χ4v) is 10.4.